The Hall–Kier alpha value is -5.86. The van der Waals surface area contributed by atoms with Gasteiger partial charge in [0.2, 0.25) is 26.0 Å². The Balaban J connectivity index is 0.000000213. The topological polar surface area (TPSA) is 259 Å². The van der Waals surface area contributed by atoms with E-state index < -0.39 is 53.2 Å². The lowest BCUT2D eigenvalue weighted by molar-refractivity contribution is -0.142. The second-order valence-electron chi connectivity index (χ2n) is 15.0. The van der Waals surface area contributed by atoms with Gasteiger partial charge >= 0.3 is 5.97 Å². The molecule has 3 aromatic heterocycles. The highest BCUT2D eigenvalue weighted by atomic mass is 79.9. The standard InChI is InChI=1S/C24H23FN4O5S.C12H11BrN2O2S.C6H4BrClO2S.C6H8N2/c1-15(30)27-14-22-29-23(24(31)34-22)18-4-7-20(21(25)12-18)17-2-5-19(6-3-17)35(32,33)28-13-16-8-10-26-11-9-16;13-11-1-3-12(4-2-11)18(16,17)15-9-10-5-7-14-8-6-10;7-5-1-3-6(4-2-5)11(8,9)10;7-5-6-1-3-8-4-2-6/h2-12,22-23,28-29H,13-14H2,1H3,(H,27,30);1-8,15H,9H2;1-4H;1-4H,5,7H2/t22-,23?;;;/m0.../s1. The summed E-state index contributed by atoms with van der Waals surface area (Å²) in [5.74, 6) is -1.40. The first-order valence-corrected chi connectivity index (χ1v) is 28.0. The summed E-state index contributed by atoms with van der Waals surface area (Å²) in [6.45, 7) is 2.42. The minimum Gasteiger partial charge on any atom is -0.443 e. The first-order valence-electron chi connectivity index (χ1n) is 21.2. The molecule has 0 radical (unpaired) electrons. The Morgan fingerprint density at radius 2 is 1.10 bits per heavy atom. The molecule has 378 valence electrons. The average Bonchev–Trinajstić information content (AvgIpc) is 3.76. The smallest absolute Gasteiger partial charge is 0.329 e. The van der Waals surface area contributed by atoms with Gasteiger partial charge in [0.05, 0.1) is 21.2 Å². The van der Waals surface area contributed by atoms with E-state index in [9.17, 15) is 39.2 Å². The summed E-state index contributed by atoms with van der Waals surface area (Å²) < 4.78 is 97.3. The largest absolute Gasteiger partial charge is 0.443 e. The van der Waals surface area contributed by atoms with Crippen molar-refractivity contribution in [2.45, 2.75) is 53.5 Å². The lowest BCUT2D eigenvalue weighted by Crippen LogP contribution is -2.37. The maximum absolute atomic E-state index is 14.9. The Labute approximate surface area is 438 Å². The van der Waals surface area contributed by atoms with Gasteiger partial charge in [-0.3, -0.25) is 25.1 Å². The van der Waals surface area contributed by atoms with Crippen LogP contribution in [0.5, 0.6) is 0 Å². The number of cyclic esters (lactones) is 1. The molecule has 72 heavy (non-hydrogen) atoms. The fourth-order valence-electron chi connectivity index (χ4n) is 6.08. The van der Waals surface area contributed by atoms with E-state index >= 15 is 0 Å². The number of benzene rings is 4. The summed E-state index contributed by atoms with van der Waals surface area (Å²) in [4.78, 5) is 35.3. The first-order chi connectivity index (χ1) is 34.2. The monoisotopic (exact) mass is 1190 g/mol. The summed E-state index contributed by atoms with van der Waals surface area (Å²) in [5.41, 5.74) is 9.19. The Bertz CT molecular complexity index is 3220. The van der Waals surface area contributed by atoms with Crippen molar-refractivity contribution in [1.29, 1.82) is 0 Å². The number of hydrogen-bond donors (Lipinski definition) is 5. The minimum atomic E-state index is -3.76. The van der Waals surface area contributed by atoms with E-state index in [1.165, 1.54) is 55.5 Å². The normalized spacial score (nSPS) is 14.2. The van der Waals surface area contributed by atoms with Crippen LogP contribution < -0.4 is 25.8 Å². The maximum atomic E-state index is 14.9. The van der Waals surface area contributed by atoms with Crippen LogP contribution in [0.3, 0.4) is 0 Å². The number of sulfonamides is 2. The molecule has 2 atom stereocenters. The van der Waals surface area contributed by atoms with Crippen LogP contribution in [0.25, 0.3) is 11.1 Å². The van der Waals surface area contributed by atoms with Gasteiger partial charge in [-0.25, -0.2) is 43.9 Å². The predicted molar refractivity (Wildman–Crippen MR) is 276 cm³/mol. The van der Waals surface area contributed by atoms with Gasteiger partial charge in [0.15, 0.2) is 6.23 Å². The number of nitrogens with two attached hydrogens (primary N) is 1. The zero-order valence-corrected chi connectivity index (χ0v) is 44.3. The van der Waals surface area contributed by atoms with Gasteiger partial charge in [0, 0.05) is 88.9 Å². The van der Waals surface area contributed by atoms with Crippen LogP contribution in [0, 0.1) is 5.82 Å². The number of rotatable bonds is 14. The third kappa shape index (κ3) is 18.3. The Morgan fingerprint density at radius 3 is 1.50 bits per heavy atom. The number of nitrogens with one attached hydrogen (secondary N) is 4. The molecule has 1 amide bonds. The van der Waals surface area contributed by atoms with Gasteiger partial charge in [-0.05, 0) is 131 Å². The van der Waals surface area contributed by atoms with Gasteiger partial charge < -0.3 is 15.8 Å². The van der Waals surface area contributed by atoms with Crippen molar-refractivity contribution in [3.8, 4) is 11.1 Å². The number of carbonyl (C=O) groups excluding carboxylic acids is 2. The minimum absolute atomic E-state index is 0.0513. The van der Waals surface area contributed by atoms with Crippen LogP contribution >= 0.6 is 42.5 Å². The maximum Gasteiger partial charge on any atom is 0.329 e. The summed E-state index contributed by atoms with van der Waals surface area (Å²) in [5, 5.41) is 5.47. The molecule has 4 aromatic carbocycles. The van der Waals surface area contributed by atoms with E-state index in [4.69, 9.17) is 21.2 Å². The molecule has 1 saturated heterocycles. The van der Waals surface area contributed by atoms with Crippen LogP contribution in [0.4, 0.5) is 4.39 Å². The number of hydrogen-bond acceptors (Lipinski definition) is 14. The number of amides is 1. The molecule has 7 aromatic rings. The molecular weight excluding hydrogens is 1140 g/mol. The number of carbonyl (C=O) groups is 2. The molecule has 8 rings (SSSR count). The third-order valence-electron chi connectivity index (χ3n) is 9.82. The molecule has 1 aliphatic rings. The number of aromatic nitrogens is 3. The van der Waals surface area contributed by atoms with Gasteiger partial charge in [0.1, 0.15) is 11.9 Å². The van der Waals surface area contributed by atoms with Crippen molar-refractivity contribution in [1.82, 2.24) is 35.0 Å². The molecule has 1 unspecified atom stereocenters. The number of halogens is 4. The molecule has 1 aliphatic heterocycles. The predicted octanol–water partition coefficient (Wildman–Crippen LogP) is 7.26. The van der Waals surface area contributed by atoms with E-state index in [-0.39, 0.29) is 45.8 Å². The van der Waals surface area contributed by atoms with E-state index in [0.29, 0.717) is 17.7 Å². The van der Waals surface area contributed by atoms with E-state index in [2.05, 4.69) is 66.9 Å². The summed E-state index contributed by atoms with van der Waals surface area (Å²) in [6.07, 6.45) is 9.18. The number of esters is 1. The second kappa shape index (κ2) is 27.3. The number of nitrogens with zero attached hydrogens (tertiary/aromatic N) is 3. The first kappa shape index (κ1) is 57.0. The Morgan fingerprint density at radius 1 is 0.667 bits per heavy atom. The van der Waals surface area contributed by atoms with Crippen LogP contribution in [0.2, 0.25) is 0 Å². The number of ether oxygens (including phenoxy) is 1. The van der Waals surface area contributed by atoms with Gasteiger partial charge in [0.25, 0.3) is 9.05 Å². The molecule has 17 nitrogen and oxygen atoms in total. The lowest BCUT2D eigenvalue weighted by atomic mass is 10.00. The van der Waals surface area contributed by atoms with Crippen molar-refractivity contribution < 1.29 is 44.0 Å². The van der Waals surface area contributed by atoms with Crippen LogP contribution in [0.1, 0.15) is 35.2 Å². The fraction of sp³-hybridized carbons (Fsp3) is 0.146. The highest BCUT2D eigenvalue weighted by Gasteiger charge is 2.35. The van der Waals surface area contributed by atoms with Crippen molar-refractivity contribution in [2.75, 3.05) is 6.54 Å². The van der Waals surface area contributed by atoms with Gasteiger partial charge in [-0.15, -0.1) is 0 Å². The Kier molecular flexibility index (Phi) is 21.6. The molecule has 0 aliphatic carbocycles. The highest BCUT2D eigenvalue weighted by molar-refractivity contribution is 9.10. The van der Waals surface area contributed by atoms with Crippen molar-refractivity contribution >= 4 is 83.5 Å². The van der Waals surface area contributed by atoms with E-state index in [1.54, 1.807) is 104 Å². The molecule has 0 spiro atoms. The van der Waals surface area contributed by atoms with E-state index in [1.807, 2.05) is 12.1 Å². The third-order valence-corrected chi connectivity index (χ3v) is 15.1. The van der Waals surface area contributed by atoms with Crippen LogP contribution in [0.15, 0.2) is 188 Å². The molecule has 24 heteroatoms. The van der Waals surface area contributed by atoms with Crippen LogP contribution in [-0.4, -0.2) is 64.9 Å². The highest BCUT2D eigenvalue weighted by Crippen LogP contribution is 2.29. The molecule has 0 saturated carbocycles. The van der Waals surface area contributed by atoms with Crippen molar-refractivity contribution in [3.05, 3.63) is 202 Å². The van der Waals surface area contributed by atoms with Gasteiger partial charge in [-0.2, -0.15) is 0 Å². The molecule has 1 fully saturated rings. The average molecular weight is 1190 g/mol. The SMILES string of the molecule is CC(=O)NC[C@H]1NC(c2ccc(-c3ccc(S(=O)(=O)NCc4ccncc4)cc3)c(F)c2)C(=O)O1.NCc1ccncc1.O=S(=O)(Cl)c1ccc(Br)cc1.O=S(=O)(NCc1ccncc1)c1ccc(Br)cc1. The second-order valence-corrected chi connectivity index (χ2v) is 22.9. The molecular formula is C48H46Br2ClFN8O9S3. The van der Waals surface area contributed by atoms with Crippen molar-refractivity contribution in [2.24, 2.45) is 5.73 Å². The van der Waals surface area contributed by atoms with E-state index in [0.717, 1.165) is 25.6 Å². The summed E-state index contributed by atoms with van der Waals surface area (Å²) in [7, 11) is -5.72. The summed E-state index contributed by atoms with van der Waals surface area (Å²) in [6, 6.07) is 32.7. The summed E-state index contributed by atoms with van der Waals surface area (Å²) >= 11 is 6.44. The number of pyridine rings is 3. The molecule has 4 heterocycles. The quantitative estimate of drug-likeness (QED) is 0.0531. The fourth-order valence-corrected chi connectivity index (χ4v) is 9.41. The zero-order valence-electron chi connectivity index (χ0n) is 37.9. The lowest BCUT2D eigenvalue weighted by Gasteiger charge is -2.12. The van der Waals surface area contributed by atoms with Crippen molar-refractivity contribution in [3.63, 3.8) is 0 Å². The molecule has 0 bridgehead atoms. The molecule has 6 N–H and O–H groups in total. The zero-order chi connectivity index (χ0) is 52.3. The van der Waals surface area contributed by atoms with Gasteiger partial charge in [-0.1, -0.05) is 56.1 Å². The van der Waals surface area contributed by atoms with Crippen LogP contribution in [-0.2, 0) is 63.1 Å².